The van der Waals surface area contributed by atoms with Crippen molar-refractivity contribution in [3.8, 4) is 0 Å². The van der Waals surface area contributed by atoms with Gasteiger partial charge in [0.1, 0.15) is 0 Å². The van der Waals surface area contributed by atoms with E-state index in [2.05, 4.69) is 27.7 Å². The van der Waals surface area contributed by atoms with Crippen molar-refractivity contribution in [2.75, 3.05) is 20.3 Å². The largest absolute Gasteiger partial charge is 0.385 e. The lowest BCUT2D eigenvalue weighted by atomic mass is 10.4. The molecule has 1 saturated carbocycles. The van der Waals surface area contributed by atoms with Gasteiger partial charge in [0, 0.05) is 31.2 Å². The summed E-state index contributed by atoms with van der Waals surface area (Å²) in [5, 5.41) is 6.34. The zero-order valence-electron chi connectivity index (χ0n) is 10.7. The maximum Gasteiger partial charge on any atom is 0.169 e. The van der Waals surface area contributed by atoms with E-state index in [4.69, 9.17) is 17.0 Å². The van der Waals surface area contributed by atoms with E-state index in [9.17, 15) is 0 Å². The number of thiocarbonyl (C=S) groups is 1. The van der Waals surface area contributed by atoms with Gasteiger partial charge >= 0.3 is 0 Å². The number of methoxy groups -OCH3 is 1. The van der Waals surface area contributed by atoms with Gasteiger partial charge in [-0.05, 0) is 42.9 Å². The summed E-state index contributed by atoms with van der Waals surface area (Å²) < 4.78 is 5.03. The highest BCUT2D eigenvalue weighted by atomic mass is 32.1. The second-order valence-electron chi connectivity index (χ2n) is 4.52. The number of hydrogen-bond acceptors (Lipinski definition) is 3. The SMILES string of the molecule is COCCCNC(=S)N(Cc1cccs1)C1CC1. The van der Waals surface area contributed by atoms with Gasteiger partial charge in [0.15, 0.2) is 5.11 Å². The third-order valence-corrected chi connectivity index (χ3v) is 4.20. The number of rotatable bonds is 7. The maximum absolute atomic E-state index is 5.49. The van der Waals surface area contributed by atoms with E-state index in [-0.39, 0.29) is 0 Å². The van der Waals surface area contributed by atoms with Gasteiger partial charge in [0.05, 0.1) is 6.54 Å². The Kier molecular flexibility index (Phi) is 5.41. The van der Waals surface area contributed by atoms with Crippen LogP contribution in [0.25, 0.3) is 0 Å². The number of nitrogens with zero attached hydrogens (tertiary/aromatic N) is 1. The molecule has 1 N–H and O–H groups in total. The Morgan fingerprint density at radius 1 is 1.61 bits per heavy atom. The highest BCUT2D eigenvalue weighted by Crippen LogP contribution is 2.29. The van der Waals surface area contributed by atoms with Crippen LogP contribution in [-0.2, 0) is 11.3 Å². The molecule has 100 valence electrons. The third-order valence-electron chi connectivity index (χ3n) is 2.96. The summed E-state index contributed by atoms with van der Waals surface area (Å²) in [5.41, 5.74) is 0. The van der Waals surface area contributed by atoms with E-state index in [1.54, 1.807) is 18.4 Å². The van der Waals surface area contributed by atoms with Crippen molar-refractivity contribution in [2.24, 2.45) is 0 Å². The Morgan fingerprint density at radius 2 is 2.44 bits per heavy atom. The van der Waals surface area contributed by atoms with Crippen LogP contribution in [0.1, 0.15) is 24.1 Å². The van der Waals surface area contributed by atoms with Crippen molar-refractivity contribution in [1.82, 2.24) is 10.2 Å². The minimum atomic E-state index is 0.648. The fourth-order valence-electron chi connectivity index (χ4n) is 1.84. The minimum Gasteiger partial charge on any atom is -0.385 e. The third kappa shape index (κ3) is 4.23. The lowest BCUT2D eigenvalue weighted by molar-refractivity contribution is 0.195. The number of nitrogens with one attached hydrogen (secondary N) is 1. The zero-order valence-corrected chi connectivity index (χ0v) is 12.4. The van der Waals surface area contributed by atoms with Crippen LogP contribution >= 0.6 is 23.6 Å². The van der Waals surface area contributed by atoms with E-state index in [0.29, 0.717) is 6.04 Å². The topological polar surface area (TPSA) is 24.5 Å². The molecule has 1 aromatic rings. The summed E-state index contributed by atoms with van der Waals surface area (Å²) in [6, 6.07) is 4.92. The Hall–Kier alpha value is -0.650. The normalized spacial score (nSPS) is 14.5. The smallest absolute Gasteiger partial charge is 0.169 e. The molecule has 1 aromatic heterocycles. The molecule has 0 aliphatic heterocycles. The van der Waals surface area contributed by atoms with Crippen molar-refractivity contribution in [3.63, 3.8) is 0 Å². The van der Waals surface area contributed by atoms with E-state index in [1.165, 1.54) is 17.7 Å². The predicted octanol–water partition coefficient (Wildman–Crippen LogP) is 2.62. The van der Waals surface area contributed by atoms with Gasteiger partial charge in [-0.2, -0.15) is 0 Å². The van der Waals surface area contributed by atoms with Crippen LogP contribution in [0, 0.1) is 0 Å². The Labute approximate surface area is 118 Å². The van der Waals surface area contributed by atoms with Crippen molar-refractivity contribution in [3.05, 3.63) is 22.4 Å². The van der Waals surface area contributed by atoms with Gasteiger partial charge in [0.2, 0.25) is 0 Å². The molecule has 2 rings (SSSR count). The quantitative estimate of drug-likeness (QED) is 0.614. The molecule has 1 fully saturated rings. The molecule has 1 aliphatic rings. The molecule has 0 saturated heterocycles. The van der Waals surface area contributed by atoms with Crippen LogP contribution in [0.2, 0.25) is 0 Å². The Morgan fingerprint density at radius 3 is 3.06 bits per heavy atom. The van der Waals surface area contributed by atoms with Crippen LogP contribution in [-0.4, -0.2) is 36.3 Å². The second-order valence-corrected chi connectivity index (χ2v) is 5.94. The van der Waals surface area contributed by atoms with Gasteiger partial charge in [-0.3, -0.25) is 0 Å². The molecule has 5 heteroatoms. The Balaban J connectivity index is 1.79. The van der Waals surface area contributed by atoms with Crippen LogP contribution in [0.5, 0.6) is 0 Å². The monoisotopic (exact) mass is 284 g/mol. The fourth-order valence-corrected chi connectivity index (χ4v) is 2.86. The van der Waals surface area contributed by atoms with Gasteiger partial charge < -0.3 is 15.0 Å². The van der Waals surface area contributed by atoms with Crippen molar-refractivity contribution in [2.45, 2.75) is 31.8 Å². The van der Waals surface area contributed by atoms with Crippen molar-refractivity contribution < 1.29 is 4.74 Å². The van der Waals surface area contributed by atoms with E-state index in [0.717, 1.165) is 31.2 Å². The van der Waals surface area contributed by atoms with Crippen LogP contribution < -0.4 is 5.32 Å². The van der Waals surface area contributed by atoms with Crippen LogP contribution in [0.15, 0.2) is 17.5 Å². The average molecular weight is 284 g/mol. The molecule has 0 atom stereocenters. The lowest BCUT2D eigenvalue weighted by Gasteiger charge is -2.25. The van der Waals surface area contributed by atoms with E-state index >= 15 is 0 Å². The molecule has 1 aliphatic carbocycles. The first-order chi connectivity index (χ1) is 8.81. The van der Waals surface area contributed by atoms with Crippen molar-refractivity contribution in [1.29, 1.82) is 0 Å². The molecular formula is C13H20N2OS2. The highest BCUT2D eigenvalue weighted by Gasteiger charge is 2.30. The lowest BCUT2D eigenvalue weighted by Crippen LogP contribution is -2.41. The highest BCUT2D eigenvalue weighted by molar-refractivity contribution is 7.80. The summed E-state index contributed by atoms with van der Waals surface area (Å²) in [6.45, 7) is 2.61. The molecule has 0 bridgehead atoms. The average Bonchev–Trinajstić information content (AvgIpc) is 3.08. The summed E-state index contributed by atoms with van der Waals surface area (Å²) in [4.78, 5) is 3.71. The molecule has 0 aromatic carbocycles. The van der Waals surface area contributed by atoms with Crippen LogP contribution in [0.3, 0.4) is 0 Å². The summed E-state index contributed by atoms with van der Waals surface area (Å²) in [7, 11) is 1.73. The second kappa shape index (κ2) is 7.07. The number of ether oxygens (including phenoxy) is 1. The molecule has 0 spiro atoms. The summed E-state index contributed by atoms with van der Waals surface area (Å²) >= 11 is 7.29. The molecular weight excluding hydrogens is 264 g/mol. The van der Waals surface area contributed by atoms with Gasteiger partial charge in [-0.1, -0.05) is 6.07 Å². The summed E-state index contributed by atoms with van der Waals surface area (Å²) in [6.07, 6.45) is 3.53. The standard InChI is InChI=1S/C13H20N2OS2/c1-16-8-3-7-14-13(17)15(11-5-6-11)10-12-4-2-9-18-12/h2,4,9,11H,3,5-8,10H2,1H3,(H,14,17). The molecule has 0 unspecified atom stereocenters. The maximum atomic E-state index is 5.49. The van der Waals surface area contributed by atoms with Gasteiger partial charge in [-0.25, -0.2) is 0 Å². The number of hydrogen-bond donors (Lipinski definition) is 1. The molecule has 1 heterocycles. The van der Waals surface area contributed by atoms with E-state index < -0.39 is 0 Å². The molecule has 3 nitrogen and oxygen atoms in total. The van der Waals surface area contributed by atoms with Gasteiger partial charge in [0.25, 0.3) is 0 Å². The molecule has 0 radical (unpaired) electrons. The molecule has 18 heavy (non-hydrogen) atoms. The number of thiophene rings is 1. The zero-order chi connectivity index (χ0) is 12.8. The first kappa shape index (κ1) is 13.8. The Bertz CT molecular complexity index is 363. The van der Waals surface area contributed by atoms with E-state index in [1.807, 2.05) is 0 Å². The van der Waals surface area contributed by atoms with Gasteiger partial charge in [-0.15, -0.1) is 11.3 Å². The minimum absolute atomic E-state index is 0.648. The van der Waals surface area contributed by atoms with Crippen molar-refractivity contribution >= 4 is 28.7 Å². The molecule has 0 amide bonds. The predicted molar refractivity (Wildman–Crippen MR) is 80.0 cm³/mol. The fraction of sp³-hybridized carbons (Fsp3) is 0.615. The first-order valence-electron chi connectivity index (χ1n) is 6.37. The van der Waals surface area contributed by atoms with Crippen LogP contribution in [0.4, 0.5) is 0 Å². The summed E-state index contributed by atoms with van der Waals surface area (Å²) in [5.74, 6) is 0. The first-order valence-corrected chi connectivity index (χ1v) is 7.66.